The summed E-state index contributed by atoms with van der Waals surface area (Å²) in [6, 6.07) is 11.0. The van der Waals surface area contributed by atoms with Crippen molar-refractivity contribution >= 4 is 23.2 Å². The summed E-state index contributed by atoms with van der Waals surface area (Å²) in [5, 5.41) is 3.60. The number of hydrogen-bond donors (Lipinski definition) is 1. The van der Waals surface area contributed by atoms with Gasteiger partial charge in [0.15, 0.2) is 11.4 Å². The van der Waals surface area contributed by atoms with E-state index in [4.69, 9.17) is 0 Å². The molecule has 1 amide bonds. The average Bonchev–Trinajstić information content (AvgIpc) is 2.60. The molecule has 2 aromatic heterocycles. The van der Waals surface area contributed by atoms with Crippen LogP contribution in [0.1, 0.15) is 21.9 Å². The second-order valence-corrected chi connectivity index (χ2v) is 4.86. The number of para-hydroxylation sites is 2. The van der Waals surface area contributed by atoms with E-state index >= 15 is 0 Å². The van der Waals surface area contributed by atoms with Crippen LogP contribution in [-0.2, 0) is 6.18 Å². The van der Waals surface area contributed by atoms with Crippen molar-refractivity contribution in [3.63, 3.8) is 0 Å². The third-order valence-electron chi connectivity index (χ3n) is 3.10. The van der Waals surface area contributed by atoms with Crippen LogP contribution in [0.4, 0.5) is 13.2 Å². The number of benzene rings is 1. The fourth-order valence-electron chi connectivity index (χ4n) is 2.02. The molecule has 2 heterocycles. The van der Waals surface area contributed by atoms with Gasteiger partial charge in [-0.05, 0) is 24.3 Å². The number of halogens is 3. The topological polar surface area (TPSA) is 80.1 Å². The molecule has 0 saturated heterocycles. The Bertz CT molecular complexity index is 941. The molecule has 0 aliphatic rings. The van der Waals surface area contributed by atoms with Crippen LogP contribution >= 0.6 is 0 Å². The van der Waals surface area contributed by atoms with E-state index < -0.39 is 23.5 Å². The SMILES string of the molecule is O=C(N/N=C\c1ccccn1)c1nc2ccccc2nc1C(F)(F)F. The number of pyridine rings is 1. The largest absolute Gasteiger partial charge is 0.435 e. The van der Waals surface area contributed by atoms with Crippen LogP contribution in [0.5, 0.6) is 0 Å². The number of carbonyl (C=O) groups excluding carboxylic acids is 1. The number of fused-ring (bicyclic) bond motifs is 1. The van der Waals surface area contributed by atoms with Gasteiger partial charge in [0.1, 0.15) is 0 Å². The summed E-state index contributed by atoms with van der Waals surface area (Å²) in [6.07, 6.45) is -2.10. The van der Waals surface area contributed by atoms with Gasteiger partial charge in [-0.2, -0.15) is 18.3 Å². The van der Waals surface area contributed by atoms with Gasteiger partial charge in [0.25, 0.3) is 5.91 Å². The fraction of sp³-hybridized carbons (Fsp3) is 0.0625. The summed E-state index contributed by atoms with van der Waals surface area (Å²) in [6.45, 7) is 0. The van der Waals surface area contributed by atoms with E-state index in [0.717, 1.165) is 0 Å². The molecule has 0 bridgehead atoms. The van der Waals surface area contributed by atoms with Gasteiger partial charge in [-0.15, -0.1) is 0 Å². The van der Waals surface area contributed by atoms with E-state index in [2.05, 4.69) is 20.1 Å². The van der Waals surface area contributed by atoms with E-state index in [-0.39, 0.29) is 11.0 Å². The smallest absolute Gasteiger partial charge is 0.265 e. The van der Waals surface area contributed by atoms with Gasteiger partial charge in [-0.1, -0.05) is 18.2 Å². The summed E-state index contributed by atoms with van der Waals surface area (Å²) in [7, 11) is 0. The standard InChI is InChI=1S/C16H10F3N5O/c17-16(18,19)14-13(22-11-6-1-2-7-12(11)23-14)15(25)24-21-9-10-5-3-4-8-20-10/h1-9H,(H,24,25)/b21-9-. The number of nitrogens with zero attached hydrogens (tertiary/aromatic N) is 4. The van der Waals surface area contributed by atoms with Crippen molar-refractivity contribution in [2.45, 2.75) is 6.18 Å². The molecule has 25 heavy (non-hydrogen) atoms. The Morgan fingerprint density at radius 3 is 2.36 bits per heavy atom. The van der Waals surface area contributed by atoms with Crippen LogP contribution < -0.4 is 5.43 Å². The van der Waals surface area contributed by atoms with Gasteiger partial charge in [0.2, 0.25) is 0 Å². The van der Waals surface area contributed by atoms with Gasteiger partial charge >= 0.3 is 6.18 Å². The highest BCUT2D eigenvalue weighted by atomic mass is 19.4. The zero-order valence-corrected chi connectivity index (χ0v) is 12.5. The molecule has 0 radical (unpaired) electrons. The third-order valence-corrected chi connectivity index (χ3v) is 3.10. The zero-order chi connectivity index (χ0) is 17.9. The highest BCUT2D eigenvalue weighted by Gasteiger charge is 2.38. The number of hydrogen-bond acceptors (Lipinski definition) is 5. The molecule has 3 aromatic rings. The van der Waals surface area contributed by atoms with E-state index in [0.29, 0.717) is 5.69 Å². The summed E-state index contributed by atoms with van der Waals surface area (Å²) >= 11 is 0. The second-order valence-electron chi connectivity index (χ2n) is 4.86. The van der Waals surface area contributed by atoms with Crippen LogP contribution in [0.25, 0.3) is 11.0 Å². The molecule has 0 saturated carbocycles. The van der Waals surface area contributed by atoms with Crippen molar-refractivity contribution in [2.75, 3.05) is 0 Å². The van der Waals surface area contributed by atoms with Crippen molar-refractivity contribution in [3.05, 3.63) is 65.7 Å². The lowest BCUT2D eigenvalue weighted by Gasteiger charge is -2.11. The summed E-state index contributed by atoms with van der Waals surface area (Å²) in [5.74, 6) is -1.11. The minimum atomic E-state index is -4.82. The van der Waals surface area contributed by atoms with Gasteiger partial charge in [-0.3, -0.25) is 9.78 Å². The number of amides is 1. The first-order chi connectivity index (χ1) is 11.9. The lowest BCUT2D eigenvalue weighted by Crippen LogP contribution is -2.25. The van der Waals surface area contributed by atoms with Gasteiger partial charge < -0.3 is 0 Å². The van der Waals surface area contributed by atoms with Crippen molar-refractivity contribution in [1.29, 1.82) is 0 Å². The molecule has 0 fully saturated rings. The molecule has 0 aliphatic carbocycles. The van der Waals surface area contributed by atoms with Gasteiger partial charge in [-0.25, -0.2) is 15.4 Å². The zero-order valence-electron chi connectivity index (χ0n) is 12.5. The Balaban J connectivity index is 1.93. The number of alkyl halides is 3. The van der Waals surface area contributed by atoms with Crippen molar-refractivity contribution in [3.8, 4) is 0 Å². The molecule has 3 rings (SSSR count). The quantitative estimate of drug-likeness (QED) is 0.585. The predicted molar refractivity (Wildman–Crippen MR) is 83.8 cm³/mol. The van der Waals surface area contributed by atoms with E-state index in [1.807, 2.05) is 5.43 Å². The number of carbonyl (C=O) groups is 1. The lowest BCUT2D eigenvalue weighted by molar-refractivity contribution is -0.141. The molecular weight excluding hydrogens is 335 g/mol. The molecule has 1 N–H and O–H groups in total. The molecule has 0 unspecified atom stereocenters. The summed E-state index contributed by atoms with van der Waals surface area (Å²) in [4.78, 5) is 23.3. The summed E-state index contributed by atoms with van der Waals surface area (Å²) < 4.78 is 39.6. The van der Waals surface area contributed by atoms with E-state index in [9.17, 15) is 18.0 Å². The van der Waals surface area contributed by atoms with E-state index in [1.165, 1.54) is 30.6 Å². The molecular formula is C16H10F3N5O. The first kappa shape index (κ1) is 16.5. The van der Waals surface area contributed by atoms with Crippen LogP contribution in [0.15, 0.2) is 53.8 Å². The average molecular weight is 345 g/mol. The number of nitrogens with one attached hydrogen (secondary N) is 1. The maximum absolute atomic E-state index is 13.2. The van der Waals surface area contributed by atoms with Crippen LogP contribution in [-0.4, -0.2) is 27.1 Å². The number of aromatic nitrogens is 3. The summed E-state index contributed by atoms with van der Waals surface area (Å²) in [5.41, 5.74) is 0.459. The Kier molecular flexibility index (Phi) is 4.38. The molecule has 0 spiro atoms. The molecule has 1 aromatic carbocycles. The number of hydrazone groups is 1. The minimum absolute atomic E-state index is 0.0448. The Morgan fingerprint density at radius 2 is 1.72 bits per heavy atom. The molecule has 9 heteroatoms. The molecule has 6 nitrogen and oxygen atoms in total. The molecule has 0 atom stereocenters. The normalized spacial score (nSPS) is 11.8. The fourth-order valence-corrected chi connectivity index (χ4v) is 2.02. The van der Waals surface area contributed by atoms with E-state index in [1.54, 1.807) is 24.3 Å². The third kappa shape index (κ3) is 3.77. The highest BCUT2D eigenvalue weighted by Crippen LogP contribution is 2.30. The van der Waals surface area contributed by atoms with Gasteiger partial charge in [0.05, 0.1) is 22.9 Å². The highest BCUT2D eigenvalue weighted by molar-refractivity contribution is 5.95. The van der Waals surface area contributed by atoms with Crippen LogP contribution in [0, 0.1) is 0 Å². The minimum Gasteiger partial charge on any atom is -0.265 e. The van der Waals surface area contributed by atoms with Gasteiger partial charge in [0, 0.05) is 6.20 Å². The molecule has 126 valence electrons. The Hall–Kier alpha value is -3.36. The Morgan fingerprint density at radius 1 is 1.04 bits per heavy atom. The Labute approximate surface area is 139 Å². The van der Waals surface area contributed by atoms with Crippen molar-refractivity contribution < 1.29 is 18.0 Å². The number of rotatable bonds is 3. The lowest BCUT2D eigenvalue weighted by atomic mass is 10.2. The maximum Gasteiger partial charge on any atom is 0.435 e. The van der Waals surface area contributed by atoms with Crippen LogP contribution in [0.3, 0.4) is 0 Å². The van der Waals surface area contributed by atoms with Crippen molar-refractivity contribution in [1.82, 2.24) is 20.4 Å². The first-order valence-electron chi connectivity index (χ1n) is 7.03. The monoisotopic (exact) mass is 345 g/mol. The second kappa shape index (κ2) is 6.63. The molecule has 0 aliphatic heterocycles. The predicted octanol–water partition coefficient (Wildman–Crippen LogP) is 2.81. The maximum atomic E-state index is 13.2. The van der Waals surface area contributed by atoms with Crippen molar-refractivity contribution in [2.24, 2.45) is 5.10 Å². The van der Waals surface area contributed by atoms with Crippen LogP contribution in [0.2, 0.25) is 0 Å². The first-order valence-corrected chi connectivity index (χ1v) is 7.03.